The van der Waals surface area contributed by atoms with Crippen LogP contribution in [0.5, 0.6) is 0 Å². The first-order chi connectivity index (χ1) is 10.9. The van der Waals surface area contributed by atoms with Gasteiger partial charge in [-0.15, -0.1) is 0 Å². The summed E-state index contributed by atoms with van der Waals surface area (Å²) in [6, 6.07) is 7.01. The monoisotopic (exact) mass is 318 g/mol. The van der Waals surface area contributed by atoms with Crippen molar-refractivity contribution < 1.29 is 19.5 Å². The number of aliphatic carboxylic acids is 1. The highest BCUT2D eigenvalue weighted by molar-refractivity contribution is 6.04. The third-order valence-electron chi connectivity index (χ3n) is 4.30. The van der Waals surface area contributed by atoms with Gasteiger partial charge in [-0.3, -0.25) is 14.4 Å². The fourth-order valence-corrected chi connectivity index (χ4v) is 2.47. The summed E-state index contributed by atoms with van der Waals surface area (Å²) < 4.78 is 0. The molecule has 1 saturated carbocycles. The Morgan fingerprint density at radius 2 is 1.70 bits per heavy atom. The Bertz CT molecular complexity index is 602. The van der Waals surface area contributed by atoms with Crippen molar-refractivity contribution in [3.8, 4) is 0 Å². The van der Waals surface area contributed by atoms with E-state index in [4.69, 9.17) is 5.11 Å². The third kappa shape index (κ3) is 3.52. The highest BCUT2D eigenvalue weighted by Crippen LogP contribution is 2.46. The molecule has 0 aliphatic heterocycles. The molecule has 1 aliphatic rings. The van der Waals surface area contributed by atoms with Gasteiger partial charge in [-0.1, -0.05) is 12.1 Å². The van der Waals surface area contributed by atoms with Crippen LogP contribution in [0.3, 0.4) is 0 Å². The van der Waals surface area contributed by atoms with Crippen LogP contribution in [0.4, 0.5) is 0 Å². The Kier molecular flexibility index (Phi) is 5.03. The predicted molar refractivity (Wildman–Crippen MR) is 84.8 cm³/mol. The zero-order chi connectivity index (χ0) is 17.0. The minimum Gasteiger partial charge on any atom is -0.480 e. The molecule has 1 aliphatic carbocycles. The fraction of sp³-hybridized carbons (Fsp3) is 0.471. The van der Waals surface area contributed by atoms with Gasteiger partial charge in [0.05, 0.1) is 0 Å². The summed E-state index contributed by atoms with van der Waals surface area (Å²) in [4.78, 5) is 36.9. The summed E-state index contributed by atoms with van der Waals surface area (Å²) in [6.07, 6.45) is 0.789. The highest BCUT2D eigenvalue weighted by atomic mass is 16.4. The number of hydrogen-bond acceptors (Lipinski definition) is 3. The van der Waals surface area contributed by atoms with Gasteiger partial charge < -0.3 is 15.3 Å². The minimum atomic E-state index is -1.22. The van der Waals surface area contributed by atoms with E-state index in [1.807, 2.05) is 13.8 Å². The van der Waals surface area contributed by atoms with Crippen molar-refractivity contribution >= 4 is 17.8 Å². The van der Waals surface area contributed by atoms with E-state index in [-0.39, 0.29) is 12.5 Å². The number of nitrogens with zero attached hydrogens (tertiary/aromatic N) is 1. The molecule has 2 N–H and O–H groups in total. The number of benzene rings is 1. The molecule has 1 aromatic rings. The standard InChI is InChI=1S/C17H22N2O4/c1-3-19(4-2)14(20)13-7-5-12(6-8-13)11-18-15(21)17(9-10-17)16(22)23/h5-8H,3-4,9-11H2,1-2H3,(H,18,21)(H,22,23). The molecular weight excluding hydrogens is 296 g/mol. The summed E-state index contributed by atoms with van der Waals surface area (Å²) in [5.41, 5.74) is 0.210. The Balaban J connectivity index is 1.94. The highest BCUT2D eigenvalue weighted by Gasteiger charge is 2.56. The number of carboxylic acids is 1. The smallest absolute Gasteiger partial charge is 0.319 e. The van der Waals surface area contributed by atoms with Crippen LogP contribution in [-0.2, 0) is 16.1 Å². The molecule has 0 unspecified atom stereocenters. The lowest BCUT2D eigenvalue weighted by Crippen LogP contribution is -2.36. The summed E-state index contributed by atoms with van der Waals surface area (Å²) in [7, 11) is 0. The molecule has 0 heterocycles. The molecule has 2 amide bonds. The van der Waals surface area contributed by atoms with E-state index in [2.05, 4.69) is 5.32 Å². The van der Waals surface area contributed by atoms with E-state index in [1.54, 1.807) is 29.2 Å². The lowest BCUT2D eigenvalue weighted by molar-refractivity contribution is -0.149. The first-order valence-electron chi connectivity index (χ1n) is 7.84. The van der Waals surface area contributed by atoms with Gasteiger partial charge in [-0.05, 0) is 44.4 Å². The summed E-state index contributed by atoms with van der Waals surface area (Å²) in [6.45, 7) is 5.44. The van der Waals surface area contributed by atoms with E-state index < -0.39 is 17.3 Å². The molecular formula is C17H22N2O4. The SMILES string of the molecule is CCN(CC)C(=O)c1ccc(CNC(=O)C2(C(=O)O)CC2)cc1. The maximum absolute atomic E-state index is 12.2. The number of rotatable bonds is 7. The van der Waals surface area contributed by atoms with Crippen molar-refractivity contribution in [3.63, 3.8) is 0 Å². The molecule has 0 bridgehead atoms. The van der Waals surface area contributed by atoms with E-state index in [1.165, 1.54) is 0 Å². The molecule has 1 aromatic carbocycles. The number of carbonyl (C=O) groups is 3. The van der Waals surface area contributed by atoms with E-state index in [0.29, 0.717) is 31.5 Å². The van der Waals surface area contributed by atoms with Crippen LogP contribution in [0, 0.1) is 5.41 Å². The number of carbonyl (C=O) groups excluding carboxylic acids is 2. The molecule has 1 fully saturated rings. The number of amides is 2. The Hall–Kier alpha value is -2.37. The Morgan fingerprint density at radius 3 is 2.13 bits per heavy atom. The number of nitrogens with one attached hydrogen (secondary N) is 1. The maximum atomic E-state index is 12.2. The average Bonchev–Trinajstić information content (AvgIpc) is 3.36. The molecule has 0 aromatic heterocycles. The van der Waals surface area contributed by atoms with Crippen LogP contribution in [0.25, 0.3) is 0 Å². The molecule has 6 heteroatoms. The number of hydrogen-bond donors (Lipinski definition) is 2. The van der Waals surface area contributed by atoms with Crippen molar-refractivity contribution in [2.75, 3.05) is 13.1 Å². The van der Waals surface area contributed by atoms with Crippen LogP contribution >= 0.6 is 0 Å². The molecule has 0 spiro atoms. The third-order valence-corrected chi connectivity index (χ3v) is 4.30. The predicted octanol–water partition coefficient (Wildman–Crippen LogP) is 1.65. The lowest BCUT2D eigenvalue weighted by atomic mass is 10.1. The Labute approximate surface area is 135 Å². The fourth-order valence-electron chi connectivity index (χ4n) is 2.47. The summed E-state index contributed by atoms with van der Waals surface area (Å²) >= 11 is 0. The quantitative estimate of drug-likeness (QED) is 0.748. The summed E-state index contributed by atoms with van der Waals surface area (Å²) in [5, 5.41) is 11.7. The molecule has 23 heavy (non-hydrogen) atoms. The van der Waals surface area contributed by atoms with Gasteiger partial charge in [0.1, 0.15) is 5.41 Å². The molecule has 6 nitrogen and oxygen atoms in total. The second kappa shape index (κ2) is 6.81. The van der Waals surface area contributed by atoms with Crippen molar-refractivity contribution in [1.82, 2.24) is 10.2 Å². The molecule has 0 saturated heterocycles. The van der Waals surface area contributed by atoms with Gasteiger partial charge in [0.15, 0.2) is 0 Å². The first kappa shape index (κ1) is 17.0. The zero-order valence-corrected chi connectivity index (χ0v) is 13.5. The van der Waals surface area contributed by atoms with Crippen molar-refractivity contribution in [3.05, 3.63) is 35.4 Å². The molecule has 124 valence electrons. The minimum absolute atomic E-state index is 0.0200. The second-order valence-electron chi connectivity index (χ2n) is 5.74. The second-order valence-corrected chi connectivity index (χ2v) is 5.74. The maximum Gasteiger partial charge on any atom is 0.319 e. The van der Waals surface area contributed by atoms with E-state index in [9.17, 15) is 14.4 Å². The zero-order valence-electron chi connectivity index (χ0n) is 13.5. The molecule has 0 radical (unpaired) electrons. The van der Waals surface area contributed by atoms with Gasteiger partial charge in [0, 0.05) is 25.2 Å². The average molecular weight is 318 g/mol. The Morgan fingerprint density at radius 1 is 1.13 bits per heavy atom. The van der Waals surface area contributed by atoms with Gasteiger partial charge in [0.2, 0.25) is 5.91 Å². The van der Waals surface area contributed by atoms with Crippen LogP contribution in [0.2, 0.25) is 0 Å². The largest absolute Gasteiger partial charge is 0.480 e. The van der Waals surface area contributed by atoms with Crippen LogP contribution in [0.1, 0.15) is 42.6 Å². The van der Waals surface area contributed by atoms with Gasteiger partial charge in [-0.25, -0.2) is 0 Å². The van der Waals surface area contributed by atoms with Crippen molar-refractivity contribution in [2.45, 2.75) is 33.2 Å². The van der Waals surface area contributed by atoms with Crippen LogP contribution < -0.4 is 5.32 Å². The van der Waals surface area contributed by atoms with Gasteiger partial charge in [0.25, 0.3) is 5.91 Å². The number of carboxylic acid groups (broad SMARTS) is 1. The van der Waals surface area contributed by atoms with Crippen molar-refractivity contribution in [2.24, 2.45) is 5.41 Å². The van der Waals surface area contributed by atoms with Gasteiger partial charge in [-0.2, -0.15) is 0 Å². The van der Waals surface area contributed by atoms with Crippen LogP contribution in [-0.4, -0.2) is 40.9 Å². The van der Waals surface area contributed by atoms with Crippen molar-refractivity contribution in [1.29, 1.82) is 0 Å². The lowest BCUT2D eigenvalue weighted by Gasteiger charge is -2.18. The van der Waals surface area contributed by atoms with E-state index >= 15 is 0 Å². The molecule has 0 atom stereocenters. The normalized spacial score (nSPS) is 14.9. The van der Waals surface area contributed by atoms with E-state index in [0.717, 1.165) is 5.56 Å². The van der Waals surface area contributed by atoms with Crippen LogP contribution in [0.15, 0.2) is 24.3 Å². The molecule has 2 rings (SSSR count). The summed E-state index contributed by atoms with van der Waals surface area (Å²) in [5.74, 6) is -1.52. The topological polar surface area (TPSA) is 86.7 Å². The first-order valence-corrected chi connectivity index (χ1v) is 7.84. The van der Waals surface area contributed by atoms with Gasteiger partial charge >= 0.3 is 5.97 Å².